The van der Waals surface area contributed by atoms with E-state index < -0.39 is 5.54 Å². The predicted octanol–water partition coefficient (Wildman–Crippen LogP) is 2.13. The highest BCUT2D eigenvalue weighted by Crippen LogP contribution is 2.36. The van der Waals surface area contributed by atoms with Crippen LogP contribution in [0.4, 0.5) is 0 Å². The van der Waals surface area contributed by atoms with Gasteiger partial charge in [0.15, 0.2) is 0 Å². The maximum absolute atomic E-state index is 12.7. The van der Waals surface area contributed by atoms with Gasteiger partial charge in [0.05, 0.1) is 11.0 Å². The molecule has 0 spiro atoms. The van der Waals surface area contributed by atoms with Crippen molar-refractivity contribution < 1.29 is 4.79 Å². The molecule has 19 heavy (non-hydrogen) atoms. The molecule has 1 aromatic rings. The fraction of sp³-hybridized carbons (Fsp3) is 0.714. The van der Waals surface area contributed by atoms with Gasteiger partial charge in [0.25, 0.3) is 0 Å². The van der Waals surface area contributed by atoms with Gasteiger partial charge < -0.3 is 10.6 Å². The summed E-state index contributed by atoms with van der Waals surface area (Å²) in [6.45, 7) is 9.97. The highest BCUT2D eigenvalue weighted by molar-refractivity contribution is 7.09. The molecule has 1 unspecified atom stereocenters. The third-order valence-corrected chi connectivity index (χ3v) is 5.24. The molecule has 1 fully saturated rings. The lowest BCUT2D eigenvalue weighted by Crippen LogP contribution is -2.52. The van der Waals surface area contributed by atoms with Gasteiger partial charge in [0, 0.05) is 18.1 Å². The zero-order chi connectivity index (χ0) is 14.1. The second-order valence-corrected chi connectivity index (χ2v) is 7.05. The largest absolute Gasteiger partial charge is 0.344 e. The number of nitrogens with one attached hydrogen (secondary N) is 2. The van der Waals surface area contributed by atoms with E-state index >= 15 is 0 Å². The number of amides is 1. The van der Waals surface area contributed by atoms with Crippen LogP contribution >= 0.6 is 11.3 Å². The minimum atomic E-state index is -0.407. The fourth-order valence-corrected chi connectivity index (χ4v) is 3.37. The molecule has 1 aliphatic heterocycles. The minimum absolute atomic E-state index is 0.146. The average Bonchev–Trinajstić information content (AvgIpc) is 3.01. The quantitative estimate of drug-likeness (QED) is 0.889. The van der Waals surface area contributed by atoms with Crippen LogP contribution in [0.2, 0.25) is 0 Å². The van der Waals surface area contributed by atoms with Gasteiger partial charge in [-0.3, -0.25) is 4.79 Å². The molecular formula is C14H23N3OS. The van der Waals surface area contributed by atoms with E-state index in [0.29, 0.717) is 5.92 Å². The number of thiazole rings is 1. The second-order valence-electron chi connectivity index (χ2n) is 6.15. The molecule has 5 heteroatoms. The van der Waals surface area contributed by atoms with E-state index in [2.05, 4.69) is 29.5 Å². The van der Waals surface area contributed by atoms with Gasteiger partial charge in [-0.05, 0) is 32.7 Å². The molecule has 2 heterocycles. The van der Waals surface area contributed by atoms with Crippen LogP contribution in [0.1, 0.15) is 39.1 Å². The van der Waals surface area contributed by atoms with Crippen molar-refractivity contribution in [3.05, 3.63) is 16.6 Å². The van der Waals surface area contributed by atoms with Gasteiger partial charge in [-0.2, -0.15) is 0 Å². The van der Waals surface area contributed by atoms with Gasteiger partial charge in [-0.1, -0.05) is 13.8 Å². The number of hydrogen-bond acceptors (Lipinski definition) is 4. The minimum Gasteiger partial charge on any atom is -0.344 e. The third-order valence-electron chi connectivity index (χ3n) is 4.14. The maximum Gasteiger partial charge on any atom is 0.228 e. The van der Waals surface area contributed by atoms with E-state index in [1.807, 2.05) is 19.2 Å². The molecule has 1 aliphatic rings. The lowest BCUT2D eigenvalue weighted by atomic mass is 9.75. The summed E-state index contributed by atoms with van der Waals surface area (Å²) in [5, 5.41) is 9.41. The number of aromatic nitrogens is 1. The third kappa shape index (κ3) is 2.67. The maximum atomic E-state index is 12.7. The van der Waals surface area contributed by atoms with E-state index in [1.165, 1.54) is 0 Å². The molecule has 106 valence electrons. The van der Waals surface area contributed by atoms with Crippen molar-refractivity contribution >= 4 is 17.2 Å². The van der Waals surface area contributed by atoms with Crippen molar-refractivity contribution in [3.8, 4) is 0 Å². The Hall–Kier alpha value is -0.940. The molecule has 2 rings (SSSR count). The van der Waals surface area contributed by atoms with E-state index in [9.17, 15) is 4.79 Å². The van der Waals surface area contributed by atoms with Gasteiger partial charge >= 0.3 is 0 Å². The molecule has 4 nitrogen and oxygen atoms in total. The Bertz CT molecular complexity index is 434. The van der Waals surface area contributed by atoms with Gasteiger partial charge in [0.2, 0.25) is 5.91 Å². The average molecular weight is 281 g/mol. The van der Waals surface area contributed by atoms with Crippen molar-refractivity contribution in [2.24, 2.45) is 11.3 Å². The van der Waals surface area contributed by atoms with Gasteiger partial charge in [-0.15, -0.1) is 11.3 Å². The van der Waals surface area contributed by atoms with Crippen molar-refractivity contribution in [2.75, 3.05) is 13.1 Å². The van der Waals surface area contributed by atoms with E-state index in [0.717, 1.165) is 24.5 Å². The summed E-state index contributed by atoms with van der Waals surface area (Å²) in [6, 6.07) is 0. The zero-order valence-electron chi connectivity index (χ0n) is 12.1. The smallest absolute Gasteiger partial charge is 0.228 e. The topological polar surface area (TPSA) is 54.0 Å². The van der Waals surface area contributed by atoms with Crippen LogP contribution < -0.4 is 10.6 Å². The Kier molecular flexibility index (Phi) is 3.97. The second kappa shape index (κ2) is 5.21. The predicted molar refractivity (Wildman–Crippen MR) is 78.0 cm³/mol. The summed E-state index contributed by atoms with van der Waals surface area (Å²) < 4.78 is 0. The Morgan fingerprint density at radius 3 is 2.79 bits per heavy atom. The number of hydrogen-bond donors (Lipinski definition) is 2. The van der Waals surface area contributed by atoms with E-state index in [-0.39, 0.29) is 11.3 Å². The van der Waals surface area contributed by atoms with Crippen molar-refractivity contribution in [2.45, 2.75) is 39.7 Å². The summed E-state index contributed by atoms with van der Waals surface area (Å²) >= 11 is 1.58. The number of carbonyl (C=O) groups excluding carboxylic acids is 1. The molecule has 0 aliphatic carbocycles. The van der Waals surface area contributed by atoms with Crippen LogP contribution in [0.15, 0.2) is 11.6 Å². The van der Waals surface area contributed by atoms with Gasteiger partial charge in [0.1, 0.15) is 5.01 Å². The van der Waals surface area contributed by atoms with Crippen LogP contribution in [0.3, 0.4) is 0 Å². The van der Waals surface area contributed by atoms with Crippen molar-refractivity contribution in [1.29, 1.82) is 0 Å². The number of carbonyl (C=O) groups is 1. The van der Waals surface area contributed by atoms with Crippen LogP contribution in [0, 0.1) is 11.3 Å². The SMILES string of the molecule is CC(C)C1(C(=O)NC(C)(C)c2nccs2)CCNC1. The van der Waals surface area contributed by atoms with Gasteiger partial charge in [-0.25, -0.2) is 4.98 Å². The molecule has 0 saturated carbocycles. The first-order valence-corrected chi connectivity index (χ1v) is 7.70. The van der Waals surface area contributed by atoms with Crippen LogP contribution in [0.5, 0.6) is 0 Å². The summed E-state index contributed by atoms with van der Waals surface area (Å²) in [5.41, 5.74) is -0.690. The zero-order valence-corrected chi connectivity index (χ0v) is 12.9. The summed E-state index contributed by atoms with van der Waals surface area (Å²) in [7, 11) is 0. The summed E-state index contributed by atoms with van der Waals surface area (Å²) in [5.74, 6) is 0.474. The normalized spacial score (nSPS) is 23.8. The summed E-state index contributed by atoms with van der Waals surface area (Å²) in [6.07, 6.45) is 2.69. The standard InChI is InChI=1S/C14H23N3OS/c1-10(2)14(5-6-15-9-14)11(18)17-13(3,4)12-16-7-8-19-12/h7-8,10,15H,5-6,9H2,1-4H3,(H,17,18). The molecule has 0 aromatic carbocycles. The molecule has 0 bridgehead atoms. The van der Waals surface area contributed by atoms with Crippen molar-refractivity contribution in [3.63, 3.8) is 0 Å². The Balaban J connectivity index is 2.16. The van der Waals surface area contributed by atoms with E-state index in [4.69, 9.17) is 0 Å². The van der Waals surface area contributed by atoms with E-state index in [1.54, 1.807) is 17.5 Å². The first-order chi connectivity index (χ1) is 8.88. The fourth-order valence-electron chi connectivity index (χ4n) is 2.65. The van der Waals surface area contributed by atoms with Crippen LogP contribution in [-0.2, 0) is 10.3 Å². The highest BCUT2D eigenvalue weighted by atomic mass is 32.1. The summed E-state index contributed by atoms with van der Waals surface area (Å²) in [4.78, 5) is 17.1. The number of nitrogens with zero attached hydrogens (tertiary/aromatic N) is 1. The molecule has 1 aromatic heterocycles. The molecule has 1 amide bonds. The Morgan fingerprint density at radius 1 is 1.58 bits per heavy atom. The lowest BCUT2D eigenvalue weighted by Gasteiger charge is -2.35. The molecule has 1 saturated heterocycles. The first kappa shape index (κ1) is 14.5. The first-order valence-electron chi connectivity index (χ1n) is 6.82. The lowest BCUT2D eigenvalue weighted by molar-refractivity contribution is -0.134. The highest BCUT2D eigenvalue weighted by Gasteiger charge is 2.45. The Morgan fingerprint density at radius 2 is 2.32 bits per heavy atom. The van der Waals surface area contributed by atoms with Crippen LogP contribution in [0.25, 0.3) is 0 Å². The monoisotopic (exact) mass is 281 g/mol. The van der Waals surface area contributed by atoms with Crippen molar-refractivity contribution in [1.82, 2.24) is 15.6 Å². The molecule has 0 radical (unpaired) electrons. The number of rotatable bonds is 4. The molecule has 1 atom stereocenters. The molecule has 2 N–H and O–H groups in total. The van der Waals surface area contributed by atoms with Crippen LogP contribution in [-0.4, -0.2) is 24.0 Å². The Labute approximate surface area is 119 Å². The molecular weight excluding hydrogens is 258 g/mol.